The molecule has 0 radical (unpaired) electrons. The highest BCUT2D eigenvalue weighted by Crippen LogP contribution is 2.19. The summed E-state index contributed by atoms with van der Waals surface area (Å²) >= 11 is 0. The maximum absolute atomic E-state index is 11.9. The first-order chi connectivity index (χ1) is 9.18. The predicted molar refractivity (Wildman–Crippen MR) is 74.5 cm³/mol. The Bertz CT molecular complexity index is 451. The number of carbonyl (C=O) groups excluding carboxylic acids is 1. The number of rotatable bonds is 5. The van der Waals surface area contributed by atoms with Crippen LogP contribution in [0.3, 0.4) is 0 Å². The Hall–Kier alpha value is -1.55. The largest absolute Gasteiger partial charge is 0.387 e. The number of aliphatic hydroxyl groups is 1. The van der Waals surface area contributed by atoms with Gasteiger partial charge in [-0.3, -0.25) is 4.79 Å². The van der Waals surface area contributed by atoms with Crippen molar-refractivity contribution in [2.75, 3.05) is 6.54 Å². The van der Waals surface area contributed by atoms with Crippen molar-refractivity contribution in [2.24, 2.45) is 13.0 Å². The van der Waals surface area contributed by atoms with Crippen molar-refractivity contribution in [3.05, 3.63) is 36.2 Å². The third-order valence-corrected chi connectivity index (χ3v) is 3.68. The van der Waals surface area contributed by atoms with Crippen LogP contribution < -0.4 is 5.32 Å². The number of amides is 1. The van der Waals surface area contributed by atoms with Gasteiger partial charge in [-0.1, -0.05) is 12.2 Å². The summed E-state index contributed by atoms with van der Waals surface area (Å²) in [4.78, 5) is 11.9. The zero-order valence-corrected chi connectivity index (χ0v) is 11.4. The molecule has 0 aliphatic heterocycles. The predicted octanol–water partition coefficient (Wildman–Crippen LogP) is 1.92. The van der Waals surface area contributed by atoms with E-state index >= 15 is 0 Å². The van der Waals surface area contributed by atoms with Crippen molar-refractivity contribution in [1.82, 2.24) is 9.88 Å². The number of nitrogens with one attached hydrogen (secondary N) is 1. The van der Waals surface area contributed by atoms with Crippen LogP contribution in [0.1, 0.15) is 37.5 Å². The number of hydrogen-bond donors (Lipinski definition) is 2. The minimum atomic E-state index is -0.522. The van der Waals surface area contributed by atoms with Crippen molar-refractivity contribution in [2.45, 2.75) is 31.8 Å². The summed E-state index contributed by atoms with van der Waals surface area (Å²) in [6, 6.07) is 3.81. The first-order valence-electron chi connectivity index (χ1n) is 6.90. The number of aromatic nitrogens is 1. The molecule has 1 amide bonds. The lowest BCUT2D eigenvalue weighted by Gasteiger charge is -2.18. The summed E-state index contributed by atoms with van der Waals surface area (Å²) in [7, 11) is 1.91. The standard InChI is InChI=1S/C15H22N2O2/c1-17-11-5-8-13(17)14(18)9-10-16-15(19)12-6-3-2-4-7-12/h2-3,5,8,11-12,14,18H,4,6-7,9-10H2,1H3,(H,16,19). The number of allylic oxidation sites excluding steroid dienone is 2. The fourth-order valence-corrected chi connectivity index (χ4v) is 2.48. The number of aryl methyl sites for hydroxylation is 1. The van der Waals surface area contributed by atoms with E-state index in [1.807, 2.05) is 29.9 Å². The molecule has 2 unspecified atom stereocenters. The molecule has 1 aliphatic rings. The van der Waals surface area contributed by atoms with Gasteiger partial charge in [0.05, 0.1) is 6.10 Å². The maximum atomic E-state index is 11.9. The van der Waals surface area contributed by atoms with E-state index in [4.69, 9.17) is 0 Å². The Labute approximate surface area is 114 Å². The third-order valence-electron chi connectivity index (χ3n) is 3.68. The lowest BCUT2D eigenvalue weighted by Crippen LogP contribution is -2.32. The summed E-state index contributed by atoms with van der Waals surface area (Å²) < 4.78 is 1.90. The minimum Gasteiger partial charge on any atom is -0.387 e. The Balaban J connectivity index is 1.73. The van der Waals surface area contributed by atoms with E-state index in [9.17, 15) is 9.90 Å². The molecule has 0 bridgehead atoms. The van der Waals surface area contributed by atoms with Crippen molar-refractivity contribution in [3.63, 3.8) is 0 Å². The molecule has 19 heavy (non-hydrogen) atoms. The van der Waals surface area contributed by atoms with Gasteiger partial charge < -0.3 is 15.0 Å². The lowest BCUT2D eigenvalue weighted by molar-refractivity contribution is -0.125. The summed E-state index contributed by atoms with van der Waals surface area (Å²) in [5.74, 6) is 0.223. The first kappa shape index (κ1) is 13.9. The second-order valence-corrected chi connectivity index (χ2v) is 5.12. The molecule has 1 aromatic rings. The number of carbonyl (C=O) groups is 1. The number of nitrogens with zero attached hydrogens (tertiary/aromatic N) is 1. The van der Waals surface area contributed by atoms with Crippen LogP contribution in [0.4, 0.5) is 0 Å². The summed E-state index contributed by atoms with van der Waals surface area (Å²) in [5, 5.41) is 13.0. The van der Waals surface area contributed by atoms with E-state index in [0.717, 1.165) is 25.0 Å². The molecule has 104 valence electrons. The van der Waals surface area contributed by atoms with Gasteiger partial charge in [0.1, 0.15) is 0 Å². The SMILES string of the molecule is Cn1cccc1C(O)CCNC(=O)C1CC=CCC1. The van der Waals surface area contributed by atoms with E-state index in [1.54, 1.807) is 0 Å². The van der Waals surface area contributed by atoms with Crippen LogP contribution in [0.15, 0.2) is 30.5 Å². The van der Waals surface area contributed by atoms with Gasteiger partial charge in [0.15, 0.2) is 0 Å². The molecule has 0 aromatic carbocycles. The smallest absolute Gasteiger partial charge is 0.223 e. The van der Waals surface area contributed by atoms with Gasteiger partial charge >= 0.3 is 0 Å². The molecule has 0 saturated heterocycles. The lowest BCUT2D eigenvalue weighted by atomic mass is 9.93. The highest BCUT2D eigenvalue weighted by molar-refractivity contribution is 5.78. The van der Waals surface area contributed by atoms with Crippen molar-refractivity contribution in [1.29, 1.82) is 0 Å². The van der Waals surface area contributed by atoms with Crippen molar-refractivity contribution in [3.8, 4) is 0 Å². The molecule has 1 aromatic heterocycles. The van der Waals surface area contributed by atoms with Crippen molar-refractivity contribution < 1.29 is 9.90 Å². The Morgan fingerprint density at radius 2 is 2.42 bits per heavy atom. The molecule has 2 rings (SSSR count). The Morgan fingerprint density at radius 1 is 1.58 bits per heavy atom. The van der Waals surface area contributed by atoms with Crippen LogP contribution in [0.25, 0.3) is 0 Å². The van der Waals surface area contributed by atoms with Crippen LogP contribution >= 0.6 is 0 Å². The number of hydrogen-bond acceptors (Lipinski definition) is 2. The summed E-state index contributed by atoms with van der Waals surface area (Å²) in [6.45, 7) is 0.519. The molecule has 4 nitrogen and oxygen atoms in total. The Morgan fingerprint density at radius 3 is 3.05 bits per heavy atom. The molecular formula is C15H22N2O2. The van der Waals surface area contributed by atoms with E-state index in [0.29, 0.717) is 13.0 Å². The zero-order valence-electron chi connectivity index (χ0n) is 11.4. The molecule has 0 saturated carbocycles. The normalized spacial score (nSPS) is 20.2. The van der Waals surface area contributed by atoms with Gasteiger partial charge in [-0.25, -0.2) is 0 Å². The van der Waals surface area contributed by atoms with Crippen LogP contribution in [-0.4, -0.2) is 22.1 Å². The highest BCUT2D eigenvalue weighted by Gasteiger charge is 2.18. The molecule has 2 atom stereocenters. The van der Waals surface area contributed by atoms with E-state index in [2.05, 4.69) is 17.5 Å². The number of aliphatic hydroxyl groups excluding tert-OH is 1. The average Bonchev–Trinajstić information content (AvgIpc) is 2.86. The molecule has 4 heteroatoms. The second kappa shape index (κ2) is 6.57. The van der Waals surface area contributed by atoms with Crippen LogP contribution in [0.2, 0.25) is 0 Å². The van der Waals surface area contributed by atoms with Gasteiger partial charge in [-0.05, 0) is 37.8 Å². The fraction of sp³-hybridized carbons (Fsp3) is 0.533. The molecule has 0 spiro atoms. The fourth-order valence-electron chi connectivity index (χ4n) is 2.48. The van der Waals surface area contributed by atoms with Crippen molar-refractivity contribution >= 4 is 5.91 Å². The molecule has 0 fully saturated rings. The highest BCUT2D eigenvalue weighted by atomic mass is 16.3. The van der Waals surface area contributed by atoms with Gasteiger partial charge in [0.25, 0.3) is 0 Å². The average molecular weight is 262 g/mol. The van der Waals surface area contributed by atoms with Gasteiger partial charge in [0, 0.05) is 31.4 Å². The first-order valence-corrected chi connectivity index (χ1v) is 6.90. The summed E-state index contributed by atoms with van der Waals surface area (Å²) in [6.07, 6.45) is 8.90. The minimum absolute atomic E-state index is 0.108. The van der Waals surface area contributed by atoms with Crippen LogP contribution in [-0.2, 0) is 11.8 Å². The van der Waals surface area contributed by atoms with Crippen LogP contribution in [0.5, 0.6) is 0 Å². The third kappa shape index (κ3) is 3.70. The van der Waals surface area contributed by atoms with Gasteiger partial charge in [-0.15, -0.1) is 0 Å². The quantitative estimate of drug-likeness (QED) is 0.797. The van der Waals surface area contributed by atoms with E-state index in [1.165, 1.54) is 0 Å². The van der Waals surface area contributed by atoms with Crippen LogP contribution in [0, 0.1) is 5.92 Å². The van der Waals surface area contributed by atoms with E-state index in [-0.39, 0.29) is 11.8 Å². The summed E-state index contributed by atoms with van der Waals surface area (Å²) in [5.41, 5.74) is 0.884. The molecule has 1 aliphatic carbocycles. The monoisotopic (exact) mass is 262 g/mol. The Kier molecular flexibility index (Phi) is 4.80. The molecular weight excluding hydrogens is 240 g/mol. The molecule has 2 N–H and O–H groups in total. The zero-order chi connectivity index (χ0) is 13.7. The second-order valence-electron chi connectivity index (χ2n) is 5.12. The molecule has 1 heterocycles. The maximum Gasteiger partial charge on any atom is 0.223 e. The van der Waals surface area contributed by atoms with E-state index < -0.39 is 6.10 Å². The van der Waals surface area contributed by atoms with Gasteiger partial charge in [0.2, 0.25) is 5.91 Å². The van der Waals surface area contributed by atoms with Gasteiger partial charge in [-0.2, -0.15) is 0 Å². The topological polar surface area (TPSA) is 54.3 Å².